The van der Waals surface area contributed by atoms with Crippen LogP contribution < -0.4 is 5.32 Å². The van der Waals surface area contributed by atoms with E-state index in [-0.39, 0.29) is 11.0 Å². The van der Waals surface area contributed by atoms with Crippen molar-refractivity contribution in [3.63, 3.8) is 0 Å². The number of quaternary nitrogens is 2. The highest BCUT2D eigenvalue weighted by molar-refractivity contribution is 4.43. The maximum Gasteiger partial charge on any atom is 0.212 e. The van der Waals surface area contributed by atoms with Crippen LogP contribution in [0, 0.1) is 0 Å². The van der Waals surface area contributed by atoms with Crippen LogP contribution >= 0.6 is 0 Å². The molecule has 0 saturated heterocycles. The van der Waals surface area contributed by atoms with Crippen molar-refractivity contribution in [2.75, 3.05) is 28.2 Å². The third-order valence-electron chi connectivity index (χ3n) is 2.48. The van der Waals surface area contributed by atoms with E-state index in [0.717, 1.165) is 10.6 Å². The lowest BCUT2D eigenvalue weighted by Crippen LogP contribution is -2.92. The largest absolute Gasteiger partial charge is 0.870 e. The lowest BCUT2D eigenvalue weighted by Gasteiger charge is -2.30. The van der Waals surface area contributed by atoms with E-state index >= 15 is 0 Å². The highest BCUT2D eigenvalue weighted by atomic mass is 16.0. The van der Waals surface area contributed by atoms with E-state index < -0.39 is 0 Å². The number of hydrogen-bond donors (Lipinski definition) is 1. The Morgan fingerprint density at radius 3 is 1.86 bits per heavy atom. The minimum atomic E-state index is 0. The van der Waals surface area contributed by atoms with Crippen molar-refractivity contribution in [2.24, 2.45) is 0 Å². The monoisotopic (exact) mass is 208 g/mol. The summed E-state index contributed by atoms with van der Waals surface area (Å²) < 4.78 is 1.07. The first-order valence-corrected chi connectivity index (χ1v) is 5.13. The van der Waals surface area contributed by atoms with E-state index in [1.54, 1.807) is 0 Å². The number of rotatable bonds is 6. The molecule has 0 aromatic heterocycles. The number of nitrogens with zero attached hydrogens (tertiary/aromatic N) is 1. The zero-order valence-electron chi connectivity index (χ0n) is 10.3. The molecule has 0 amide bonds. The van der Waals surface area contributed by atoms with Gasteiger partial charge in [0.05, 0.1) is 34.6 Å². The van der Waals surface area contributed by atoms with Crippen LogP contribution in [-0.4, -0.2) is 49.8 Å². The fourth-order valence-electron chi connectivity index (χ4n) is 1.60. The molecule has 14 heavy (non-hydrogen) atoms. The lowest BCUT2D eigenvalue weighted by atomic mass is 10.1. The molecular formula is C10H28N2O2. The van der Waals surface area contributed by atoms with Crippen molar-refractivity contribution in [3.05, 3.63) is 0 Å². The fraction of sp³-hybridized carbons (Fsp3) is 1.00. The number of unbranched alkanes of at least 4 members (excludes halogenated alkanes) is 2. The van der Waals surface area contributed by atoms with Crippen LogP contribution in [0.2, 0.25) is 0 Å². The molecule has 0 aliphatic carbocycles. The van der Waals surface area contributed by atoms with Crippen molar-refractivity contribution >= 4 is 0 Å². The average Bonchev–Trinajstić information content (AvgIpc) is 1.95. The second-order valence-corrected chi connectivity index (χ2v) is 4.51. The third-order valence-corrected chi connectivity index (χ3v) is 2.48. The highest BCUT2D eigenvalue weighted by Crippen LogP contribution is 2.06. The zero-order chi connectivity index (χ0) is 9.61. The van der Waals surface area contributed by atoms with Gasteiger partial charge in [-0.05, 0) is 6.42 Å². The first-order chi connectivity index (χ1) is 5.52. The van der Waals surface area contributed by atoms with Crippen molar-refractivity contribution in [1.82, 2.24) is 0 Å². The van der Waals surface area contributed by atoms with Gasteiger partial charge in [0.1, 0.15) is 0 Å². The van der Waals surface area contributed by atoms with Gasteiger partial charge in [-0.25, -0.2) is 0 Å². The zero-order valence-corrected chi connectivity index (χ0v) is 10.3. The molecule has 0 rings (SSSR count). The van der Waals surface area contributed by atoms with Crippen LogP contribution in [0.3, 0.4) is 0 Å². The van der Waals surface area contributed by atoms with Crippen LogP contribution in [-0.2, 0) is 0 Å². The van der Waals surface area contributed by atoms with Crippen molar-refractivity contribution in [2.45, 2.75) is 38.8 Å². The molecular weight excluding hydrogens is 180 g/mol. The fourth-order valence-corrected chi connectivity index (χ4v) is 1.60. The molecule has 0 aromatic carbocycles. The number of hydrogen-bond acceptors (Lipinski definition) is 2. The quantitative estimate of drug-likeness (QED) is 0.390. The smallest absolute Gasteiger partial charge is 0.212 e. The lowest BCUT2D eigenvalue weighted by molar-refractivity contribution is -1.01. The Kier molecular flexibility index (Phi) is 13.0. The Balaban J connectivity index is -0.000000605. The summed E-state index contributed by atoms with van der Waals surface area (Å²) in [5.41, 5.74) is 0. The summed E-state index contributed by atoms with van der Waals surface area (Å²) in [6.45, 7) is 2.26. The van der Waals surface area contributed by atoms with Gasteiger partial charge in [0.2, 0.25) is 6.17 Å². The van der Waals surface area contributed by atoms with Gasteiger partial charge in [-0.3, -0.25) is 9.80 Å². The van der Waals surface area contributed by atoms with Crippen LogP contribution in [0.5, 0.6) is 0 Å². The Morgan fingerprint density at radius 1 is 1.07 bits per heavy atom. The molecule has 1 unspecified atom stereocenters. The molecule has 0 saturated carbocycles. The molecule has 0 aliphatic rings. The maximum absolute atomic E-state index is 2.34. The van der Waals surface area contributed by atoms with Crippen molar-refractivity contribution < 1.29 is 20.8 Å². The van der Waals surface area contributed by atoms with Crippen molar-refractivity contribution in [1.29, 1.82) is 0 Å². The second kappa shape index (κ2) is 9.40. The third kappa shape index (κ3) is 8.44. The number of nitrogens with two attached hydrogens (primary N) is 1. The van der Waals surface area contributed by atoms with E-state index in [0.29, 0.717) is 0 Å². The van der Waals surface area contributed by atoms with Gasteiger partial charge in [0.25, 0.3) is 0 Å². The van der Waals surface area contributed by atoms with Gasteiger partial charge < -0.3 is 11.0 Å². The molecule has 1 atom stereocenters. The van der Waals surface area contributed by atoms with Gasteiger partial charge in [0.15, 0.2) is 0 Å². The minimum absolute atomic E-state index is 0. The predicted molar refractivity (Wildman–Crippen MR) is 57.7 cm³/mol. The van der Waals surface area contributed by atoms with E-state index in [1.165, 1.54) is 25.7 Å². The standard InChI is InChI=1S/C10H25N2.2H2O/c1-6-7-8-9-10(11-2)12(3,4)5;;/h10-11H,6-9H2,1-5H3;2*1H2/q+1;;/p-1. The summed E-state index contributed by atoms with van der Waals surface area (Å²) >= 11 is 0. The maximum atomic E-state index is 2.34. The molecule has 0 heterocycles. The normalized spacial score (nSPS) is 12.6. The van der Waals surface area contributed by atoms with Crippen LogP contribution in [0.25, 0.3) is 0 Å². The van der Waals surface area contributed by atoms with E-state index in [2.05, 4.69) is 40.4 Å². The SMILES string of the molecule is CCCCCC([NH2+]C)[N+](C)(C)C.[OH-].[OH-]. The molecule has 4 nitrogen and oxygen atoms in total. The highest BCUT2D eigenvalue weighted by Gasteiger charge is 2.23. The Bertz CT molecular complexity index is 113. The summed E-state index contributed by atoms with van der Waals surface area (Å²) in [6, 6.07) is 0. The topological polar surface area (TPSA) is 76.6 Å². The summed E-state index contributed by atoms with van der Waals surface area (Å²) in [5.74, 6) is 0. The molecule has 0 aromatic rings. The average molecular weight is 208 g/mol. The molecule has 0 radical (unpaired) electrons. The Hall–Kier alpha value is -0.160. The van der Waals surface area contributed by atoms with Gasteiger partial charge in [-0.1, -0.05) is 19.8 Å². The summed E-state index contributed by atoms with van der Waals surface area (Å²) in [6.07, 6.45) is 6.16. The Morgan fingerprint density at radius 2 is 1.57 bits per heavy atom. The van der Waals surface area contributed by atoms with E-state index in [9.17, 15) is 0 Å². The molecule has 4 N–H and O–H groups in total. The first-order valence-electron chi connectivity index (χ1n) is 5.13. The van der Waals surface area contributed by atoms with E-state index in [1.807, 2.05) is 0 Å². The first kappa shape index (κ1) is 19.4. The molecule has 0 aliphatic heterocycles. The van der Waals surface area contributed by atoms with Crippen LogP contribution in [0.4, 0.5) is 0 Å². The minimum Gasteiger partial charge on any atom is -0.870 e. The van der Waals surface area contributed by atoms with Crippen LogP contribution in [0.1, 0.15) is 32.6 Å². The molecule has 0 bridgehead atoms. The van der Waals surface area contributed by atoms with Gasteiger partial charge in [-0.15, -0.1) is 0 Å². The molecule has 0 spiro atoms. The van der Waals surface area contributed by atoms with Crippen molar-refractivity contribution in [3.8, 4) is 0 Å². The molecule has 90 valence electrons. The van der Waals surface area contributed by atoms with E-state index in [4.69, 9.17) is 0 Å². The van der Waals surface area contributed by atoms with Crippen LogP contribution in [0.15, 0.2) is 0 Å². The van der Waals surface area contributed by atoms with Gasteiger partial charge >= 0.3 is 0 Å². The second-order valence-electron chi connectivity index (χ2n) is 4.51. The summed E-state index contributed by atoms with van der Waals surface area (Å²) in [5, 5.41) is 2.34. The summed E-state index contributed by atoms with van der Waals surface area (Å²) in [4.78, 5) is 0. The molecule has 0 fully saturated rings. The predicted octanol–water partition coefficient (Wildman–Crippen LogP) is 0.439. The Labute approximate surface area is 88.5 Å². The molecule has 4 heteroatoms. The summed E-state index contributed by atoms with van der Waals surface area (Å²) in [7, 11) is 9.00. The van der Waals surface area contributed by atoms with Gasteiger partial charge in [-0.2, -0.15) is 0 Å². The van der Waals surface area contributed by atoms with Gasteiger partial charge in [0, 0.05) is 0 Å².